The summed E-state index contributed by atoms with van der Waals surface area (Å²) in [7, 11) is 0. The van der Waals surface area contributed by atoms with Crippen molar-refractivity contribution in [2.45, 2.75) is 57.9 Å². The summed E-state index contributed by atoms with van der Waals surface area (Å²) >= 11 is 0. The minimum atomic E-state index is -0.248. The van der Waals surface area contributed by atoms with Crippen LogP contribution < -0.4 is 15.0 Å². The van der Waals surface area contributed by atoms with Gasteiger partial charge in [-0.2, -0.15) is 0 Å². The number of benzene rings is 1. The lowest BCUT2D eigenvalue weighted by Crippen LogP contribution is -2.39. The molecule has 1 saturated carbocycles. The van der Waals surface area contributed by atoms with Crippen molar-refractivity contribution in [3.8, 4) is 5.75 Å². The Morgan fingerprint density at radius 1 is 1.16 bits per heavy atom. The molecular weight excluding hydrogens is 316 g/mol. The van der Waals surface area contributed by atoms with Crippen LogP contribution in [0.15, 0.2) is 24.3 Å². The first kappa shape index (κ1) is 17.8. The van der Waals surface area contributed by atoms with E-state index < -0.39 is 0 Å². The van der Waals surface area contributed by atoms with Crippen molar-refractivity contribution in [2.24, 2.45) is 5.92 Å². The molecular formula is C20H28N2O3. The molecule has 5 nitrogen and oxygen atoms in total. The number of nitrogens with zero attached hydrogens (tertiary/aromatic N) is 1. The smallest absolute Gasteiger partial charge is 0.227 e. The Morgan fingerprint density at radius 2 is 1.84 bits per heavy atom. The highest BCUT2D eigenvalue weighted by molar-refractivity contribution is 6.00. The Bertz CT molecular complexity index is 591. The molecule has 1 saturated heterocycles. The van der Waals surface area contributed by atoms with Gasteiger partial charge in [0.25, 0.3) is 0 Å². The minimum absolute atomic E-state index is 0.0187. The van der Waals surface area contributed by atoms with Gasteiger partial charge in [0.1, 0.15) is 5.75 Å². The van der Waals surface area contributed by atoms with Crippen molar-refractivity contribution in [1.29, 1.82) is 0 Å². The first-order valence-electron chi connectivity index (χ1n) is 9.51. The fourth-order valence-electron chi connectivity index (χ4n) is 3.76. The molecule has 1 aliphatic heterocycles. The summed E-state index contributed by atoms with van der Waals surface area (Å²) in [4.78, 5) is 26.7. The van der Waals surface area contributed by atoms with E-state index in [1.165, 1.54) is 25.7 Å². The van der Waals surface area contributed by atoms with Crippen molar-refractivity contribution in [2.75, 3.05) is 18.1 Å². The van der Waals surface area contributed by atoms with Crippen molar-refractivity contribution >= 4 is 17.5 Å². The van der Waals surface area contributed by atoms with Crippen LogP contribution in [-0.2, 0) is 9.59 Å². The Balaban J connectivity index is 1.58. The SMILES string of the molecule is CCOc1ccc(N2C[C@@H](C(=O)NC3CCCCCC3)CC2=O)cc1. The highest BCUT2D eigenvalue weighted by atomic mass is 16.5. The van der Waals surface area contributed by atoms with E-state index in [4.69, 9.17) is 4.74 Å². The Hall–Kier alpha value is -2.04. The zero-order chi connectivity index (χ0) is 17.6. The number of anilines is 1. The fourth-order valence-corrected chi connectivity index (χ4v) is 3.76. The van der Waals surface area contributed by atoms with Gasteiger partial charge < -0.3 is 15.0 Å². The summed E-state index contributed by atoms with van der Waals surface area (Å²) in [5.41, 5.74) is 0.832. The van der Waals surface area contributed by atoms with E-state index in [9.17, 15) is 9.59 Å². The number of carbonyl (C=O) groups excluding carboxylic acids is 2. The fraction of sp³-hybridized carbons (Fsp3) is 0.600. The summed E-state index contributed by atoms with van der Waals surface area (Å²) in [5, 5.41) is 3.18. The lowest BCUT2D eigenvalue weighted by Gasteiger charge is -2.20. The molecule has 1 aromatic rings. The van der Waals surface area contributed by atoms with Gasteiger partial charge >= 0.3 is 0 Å². The second-order valence-electron chi connectivity index (χ2n) is 7.03. The zero-order valence-electron chi connectivity index (χ0n) is 15.0. The third-order valence-corrected chi connectivity index (χ3v) is 5.16. The average Bonchev–Trinajstić information content (AvgIpc) is 2.82. The van der Waals surface area contributed by atoms with Crippen LogP contribution in [0.4, 0.5) is 5.69 Å². The quantitative estimate of drug-likeness (QED) is 0.834. The molecule has 0 bridgehead atoms. The van der Waals surface area contributed by atoms with Gasteiger partial charge in [-0.15, -0.1) is 0 Å². The third-order valence-electron chi connectivity index (χ3n) is 5.16. The van der Waals surface area contributed by atoms with E-state index in [1.807, 2.05) is 31.2 Å². The molecule has 136 valence electrons. The molecule has 1 aromatic carbocycles. The lowest BCUT2D eigenvalue weighted by atomic mass is 10.0. The van der Waals surface area contributed by atoms with Gasteiger partial charge in [0.05, 0.1) is 12.5 Å². The number of carbonyl (C=O) groups is 2. The van der Waals surface area contributed by atoms with Crippen LogP contribution >= 0.6 is 0 Å². The topological polar surface area (TPSA) is 58.6 Å². The molecule has 3 rings (SSSR count). The van der Waals surface area contributed by atoms with Gasteiger partial charge in [0.15, 0.2) is 0 Å². The summed E-state index contributed by atoms with van der Waals surface area (Å²) < 4.78 is 5.44. The van der Waals surface area contributed by atoms with E-state index in [2.05, 4.69) is 5.32 Å². The van der Waals surface area contributed by atoms with Gasteiger partial charge in [-0.1, -0.05) is 25.7 Å². The van der Waals surface area contributed by atoms with Crippen LogP contribution in [0.3, 0.4) is 0 Å². The maximum Gasteiger partial charge on any atom is 0.227 e. The highest BCUT2D eigenvalue weighted by Gasteiger charge is 2.35. The summed E-state index contributed by atoms with van der Waals surface area (Å²) in [5.74, 6) is 0.599. The molecule has 0 spiro atoms. The molecule has 5 heteroatoms. The number of rotatable bonds is 5. The van der Waals surface area contributed by atoms with E-state index in [0.717, 1.165) is 24.3 Å². The van der Waals surface area contributed by atoms with Crippen molar-refractivity contribution < 1.29 is 14.3 Å². The molecule has 2 amide bonds. The lowest BCUT2D eigenvalue weighted by molar-refractivity contribution is -0.127. The number of hydrogen-bond acceptors (Lipinski definition) is 3. The number of hydrogen-bond donors (Lipinski definition) is 1. The second-order valence-corrected chi connectivity index (χ2v) is 7.03. The van der Waals surface area contributed by atoms with Gasteiger partial charge in [-0.25, -0.2) is 0 Å². The Labute approximate surface area is 149 Å². The van der Waals surface area contributed by atoms with Crippen molar-refractivity contribution in [1.82, 2.24) is 5.32 Å². The summed E-state index contributed by atoms with van der Waals surface area (Å²) in [6, 6.07) is 7.78. The predicted molar refractivity (Wildman–Crippen MR) is 97.7 cm³/mol. The van der Waals surface area contributed by atoms with Gasteiger partial charge in [0.2, 0.25) is 11.8 Å². The predicted octanol–water partition coefficient (Wildman–Crippen LogP) is 3.28. The Kier molecular flexibility index (Phi) is 5.95. The van der Waals surface area contributed by atoms with E-state index >= 15 is 0 Å². The van der Waals surface area contributed by atoms with Gasteiger partial charge in [-0.05, 0) is 44.0 Å². The van der Waals surface area contributed by atoms with Crippen LogP contribution in [0, 0.1) is 5.92 Å². The van der Waals surface area contributed by atoms with Crippen LogP contribution in [-0.4, -0.2) is 31.0 Å². The van der Waals surface area contributed by atoms with E-state index in [0.29, 0.717) is 19.6 Å². The second kappa shape index (κ2) is 8.37. The molecule has 1 atom stereocenters. The standard InChI is InChI=1S/C20H28N2O3/c1-2-25-18-11-9-17(10-12-18)22-14-15(13-19(22)23)20(24)21-16-7-5-3-4-6-8-16/h9-12,15-16H,2-8,13-14H2,1H3,(H,21,24)/t15-/m0/s1. The molecule has 0 radical (unpaired) electrons. The first-order valence-corrected chi connectivity index (χ1v) is 9.51. The van der Waals surface area contributed by atoms with Gasteiger partial charge in [-0.3, -0.25) is 9.59 Å². The Morgan fingerprint density at radius 3 is 2.48 bits per heavy atom. The molecule has 2 fully saturated rings. The van der Waals surface area contributed by atoms with Crippen molar-refractivity contribution in [3.63, 3.8) is 0 Å². The van der Waals surface area contributed by atoms with Crippen LogP contribution in [0.5, 0.6) is 5.75 Å². The van der Waals surface area contributed by atoms with Crippen LogP contribution in [0.25, 0.3) is 0 Å². The molecule has 0 unspecified atom stereocenters. The van der Waals surface area contributed by atoms with Gasteiger partial charge in [0, 0.05) is 24.7 Å². The minimum Gasteiger partial charge on any atom is -0.494 e. The summed E-state index contributed by atoms with van der Waals surface area (Å²) in [6.07, 6.45) is 7.33. The first-order chi connectivity index (χ1) is 12.2. The van der Waals surface area contributed by atoms with Crippen LogP contribution in [0.1, 0.15) is 51.9 Å². The largest absolute Gasteiger partial charge is 0.494 e. The molecule has 1 heterocycles. The molecule has 25 heavy (non-hydrogen) atoms. The molecule has 2 aliphatic rings. The maximum absolute atomic E-state index is 12.6. The normalized spacial score (nSPS) is 21.9. The van der Waals surface area contributed by atoms with E-state index in [1.54, 1.807) is 4.90 Å². The number of amides is 2. The van der Waals surface area contributed by atoms with Crippen LogP contribution in [0.2, 0.25) is 0 Å². The monoisotopic (exact) mass is 344 g/mol. The summed E-state index contributed by atoms with van der Waals surface area (Å²) in [6.45, 7) is 3.02. The molecule has 1 N–H and O–H groups in total. The molecule has 1 aliphatic carbocycles. The van der Waals surface area contributed by atoms with E-state index in [-0.39, 0.29) is 23.8 Å². The third kappa shape index (κ3) is 4.53. The maximum atomic E-state index is 12.6. The molecule has 0 aromatic heterocycles. The highest BCUT2D eigenvalue weighted by Crippen LogP contribution is 2.27. The number of nitrogens with one attached hydrogen (secondary N) is 1. The number of ether oxygens (including phenoxy) is 1. The zero-order valence-corrected chi connectivity index (χ0v) is 15.0. The van der Waals surface area contributed by atoms with Crippen molar-refractivity contribution in [3.05, 3.63) is 24.3 Å². The average molecular weight is 344 g/mol.